The molecule has 0 saturated heterocycles. The van der Waals surface area contributed by atoms with Crippen LogP contribution in [0.2, 0.25) is 0 Å². The van der Waals surface area contributed by atoms with Crippen molar-refractivity contribution in [2.24, 2.45) is 0 Å². The minimum Gasteiger partial charge on any atom is -0.380 e. The van der Waals surface area contributed by atoms with Gasteiger partial charge in [-0.3, -0.25) is 0 Å². The van der Waals surface area contributed by atoms with Crippen LogP contribution in [0, 0.1) is 40.1 Å². The number of halogens is 3. The molecule has 6 heteroatoms. The SMILES string of the molecule is CCCCNc1c(F)c(F)c(C#N)c(C#N)c1F. The molecule has 0 fully saturated rings. The highest BCUT2D eigenvalue weighted by Crippen LogP contribution is 2.28. The number of rotatable bonds is 4. The molecule has 1 N–H and O–H groups in total. The maximum Gasteiger partial charge on any atom is 0.186 e. The van der Waals surface area contributed by atoms with Gasteiger partial charge in [-0.25, -0.2) is 13.2 Å². The molecule has 0 atom stereocenters. The van der Waals surface area contributed by atoms with Crippen molar-refractivity contribution in [3.63, 3.8) is 0 Å². The van der Waals surface area contributed by atoms with Gasteiger partial charge >= 0.3 is 0 Å². The van der Waals surface area contributed by atoms with Crippen LogP contribution in [0.1, 0.15) is 30.9 Å². The fraction of sp³-hybridized carbons (Fsp3) is 0.333. The van der Waals surface area contributed by atoms with Crippen molar-refractivity contribution in [3.8, 4) is 12.1 Å². The number of hydrogen-bond donors (Lipinski definition) is 1. The fourth-order valence-corrected chi connectivity index (χ4v) is 1.42. The normalized spacial score (nSPS) is 9.67. The molecular formula is C12H10F3N3. The second-order valence-corrected chi connectivity index (χ2v) is 3.57. The molecular weight excluding hydrogens is 243 g/mol. The molecule has 18 heavy (non-hydrogen) atoms. The van der Waals surface area contributed by atoms with Gasteiger partial charge in [0, 0.05) is 6.54 Å². The van der Waals surface area contributed by atoms with Gasteiger partial charge in [0.25, 0.3) is 0 Å². The van der Waals surface area contributed by atoms with Crippen molar-refractivity contribution in [2.75, 3.05) is 11.9 Å². The highest BCUT2D eigenvalue weighted by Gasteiger charge is 2.24. The predicted octanol–water partition coefficient (Wildman–Crippen LogP) is 3.06. The summed E-state index contributed by atoms with van der Waals surface area (Å²) in [6, 6.07) is 2.66. The number of nitrogens with one attached hydrogen (secondary N) is 1. The van der Waals surface area contributed by atoms with E-state index in [0.29, 0.717) is 6.42 Å². The summed E-state index contributed by atoms with van der Waals surface area (Å²) in [5.74, 6) is -4.21. The summed E-state index contributed by atoms with van der Waals surface area (Å²) in [6.07, 6.45) is 1.43. The Hall–Kier alpha value is -2.21. The van der Waals surface area contributed by atoms with E-state index < -0.39 is 34.3 Å². The number of unbranched alkanes of at least 4 members (excludes halogenated alkanes) is 1. The molecule has 94 valence electrons. The Bertz CT molecular complexity index is 541. The molecule has 1 rings (SSSR count). The maximum absolute atomic E-state index is 13.7. The van der Waals surface area contributed by atoms with E-state index in [1.54, 1.807) is 0 Å². The van der Waals surface area contributed by atoms with Gasteiger partial charge in [0.15, 0.2) is 17.5 Å². The molecule has 1 aromatic carbocycles. The molecule has 1 aromatic rings. The van der Waals surface area contributed by atoms with Gasteiger partial charge in [0.1, 0.15) is 29.0 Å². The van der Waals surface area contributed by atoms with E-state index in [1.807, 2.05) is 6.92 Å². The lowest BCUT2D eigenvalue weighted by Crippen LogP contribution is -2.10. The van der Waals surface area contributed by atoms with E-state index in [-0.39, 0.29) is 6.54 Å². The number of nitrogens with zero attached hydrogens (tertiary/aromatic N) is 2. The van der Waals surface area contributed by atoms with Gasteiger partial charge in [0.05, 0.1) is 0 Å². The van der Waals surface area contributed by atoms with E-state index >= 15 is 0 Å². The number of nitriles is 2. The number of hydrogen-bond acceptors (Lipinski definition) is 3. The molecule has 0 spiro atoms. The molecule has 0 aromatic heterocycles. The zero-order valence-electron chi connectivity index (χ0n) is 9.65. The summed E-state index contributed by atoms with van der Waals surface area (Å²) in [5.41, 5.74) is -2.39. The van der Waals surface area contributed by atoms with Crippen LogP contribution in [0.25, 0.3) is 0 Å². The Morgan fingerprint density at radius 1 is 1.00 bits per heavy atom. The second-order valence-electron chi connectivity index (χ2n) is 3.57. The third-order valence-electron chi connectivity index (χ3n) is 2.38. The molecule has 0 radical (unpaired) electrons. The summed E-state index contributed by atoms with van der Waals surface area (Å²) >= 11 is 0. The van der Waals surface area contributed by atoms with Crippen LogP contribution < -0.4 is 5.32 Å². The zero-order valence-corrected chi connectivity index (χ0v) is 9.65. The molecule has 0 aliphatic carbocycles. The summed E-state index contributed by atoms with van der Waals surface area (Å²) in [5, 5.41) is 19.7. The van der Waals surface area contributed by atoms with Gasteiger partial charge in [0.2, 0.25) is 0 Å². The van der Waals surface area contributed by atoms with Crippen molar-refractivity contribution < 1.29 is 13.2 Å². The monoisotopic (exact) mass is 253 g/mol. The molecule has 0 amide bonds. The average molecular weight is 253 g/mol. The van der Waals surface area contributed by atoms with E-state index in [2.05, 4.69) is 5.32 Å². The minimum atomic E-state index is -1.51. The van der Waals surface area contributed by atoms with Crippen LogP contribution in [-0.4, -0.2) is 6.54 Å². The van der Waals surface area contributed by atoms with Crippen molar-refractivity contribution in [1.82, 2.24) is 0 Å². The fourth-order valence-electron chi connectivity index (χ4n) is 1.42. The first-order valence-corrected chi connectivity index (χ1v) is 5.32. The Morgan fingerprint density at radius 3 is 2.06 bits per heavy atom. The van der Waals surface area contributed by atoms with Crippen molar-refractivity contribution in [3.05, 3.63) is 28.6 Å². The van der Waals surface area contributed by atoms with Crippen LogP contribution in [0.15, 0.2) is 0 Å². The van der Waals surface area contributed by atoms with Crippen LogP contribution in [0.3, 0.4) is 0 Å². The summed E-state index contributed by atoms with van der Waals surface area (Å²) in [6.45, 7) is 2.13. The van der Waals surface area contributed by atoms with Gasteiger partial charge in [-0.05, 0) is 6.42 Å². The number of benzene rings is 1. The third-order valence-corrected chi connectivity index (χ3v) is 2.38. The van der Waals surface area contributed by atoms with Crippen LogP contribution in [0.4, 0.5) is 18.9 Å². The highest BCUT2D eigenvalue weighted by molar-refractivity contribution is 5.59. The van der Waals surface area contributed by atoms with Crippen LogP contribution >= 0.6 is 0 Å². The van der Waals surface area contributed by atoms with Crippen molar-refractivity contribution in [1.29, 1.82) is 10.5 Å². The first-order chi connectivity index (χ1) is 8.58. The van der Waals surface area contributed by atoms with E-state index in [9.17, 15) is 13.2 Å². The molecule has 0 aliphatic rings. The van der Waals surface area contributed by atoms with Crippen molar-refractivity contribution in [2.45, 2.75) is 19.8 Å². The summed E-state index contributed by atoms with van der Waals surface area (Å²) < 4.78 is 40.7. The van der Waals surface area contributed by atoms with Gasteiger partial charge in [-0.15, -0.1) is 0 Å². The minimum absolute atomic E-state index is 0.251. The Labute approximate surface area is 102 Å². The highest BCUT2D eigenvalue weighted by atomic mass is 19.2. The standard InChI is InChI=1S/C12H10F3N3/c1-2-3-4-18-12-10(14)8(6-17)7(5-16)9(13)11(12)15/h18H,2-4H2,1H3. The first kappa shape index (κ1) is 13.9. The largest absolute Gasteiger partial charge is 0.380 e. The van der Waals surface area contributed by atoms with E-state index in [1.165, 1.54) is 12.1 Å². The lowest BCUT2D eigenvalue weighted by molar-refractivity contribution is 0.495. The molecule has 0 saturated carbocycles. The van der Waals surface area contributed by atoms with Gasteiger partial charge in [-0.1, -0.05) is 13.3 Å². The lowest BCUT2D eigenvalue weighted by Gasteiger charge is -2.11. The second kappa shape index (κ2) is 5.92. The lowest BCUT2D eigenvalue weighted by atomic mass is 10.1. The third kappa shape index (κ3) is 2.38. The van der Waals surface area contributed by atoms with Crippen LogP contribution in [-0.2, 0) is 0 Å². The topological polar surface area (TPSA) is 59.6 Å². The van der Waals surface area contributed by atoms with E-state index in [0.717, 1.165) is 6.42 Å². The zero-order chi connectivity index (χ0) is 13.7. The summed E-state index contributed by atoms with van der Waals surface area (Å²) in [7, 11) is 0. The smallest absolute Gasteiger partial charge is 0.186 e. The quantitative estimate of drug-likeness (QED) is 0.662. The molecule has 0 bridgehead atoms. The molecule has 3 nitrogen and oxygen atoms in total. The Balaban J connectivity index is 3.33. The molecule has 0 aliphatic heterocycles. The average Bonchev–Trinajstić information content (AvgIpc) is 2.37. The predicted molar refractivity (Wildman–Crippen MR) is 59.1 cm³/mol. The first-order valence-electron chi connectivity index (χ1n) is 5.32. The maximum atomic E-state index is 13.7. The van der Waals surface area contributed by atoms with Gasteiger partial charge < -0.3 is 5.32 Å². The van der Waals surface area contributed by atoms with Gasteiger partial charge in [-0.2, -0.15) is 10.5 Å². The Morgan fingerprint density at radius 2 is 1.56 bits per heavy atom. The molecule has 0 heterocycles. The number of anilines is 1. The summed E-state index contributed by atoms with van der Waals surface area (Å²) in [4.78, 5) is 0. The van der Waals surface area contributed by atoms with Crippen molar-refractivity contribution >= 4 is 5.69 Å². The Kier molecular flexibility index (Phi) is 4.56. The van der Waals surface area contributed by atoms with Crippen LogP contribution in [0.5, 0.6) is 0 Å². The van der Waals surface area contributed by atoms with E-state index in [4.69, 9.17) is 10.5 Å². The molecule has 0 unspecified atom stereocenters.